The average molecular weight is 381 g/mol. The summed E-state index contributed by atoms with van der Waals surface area (Å²) in [6.45, 7) is 3.29. The Bertz CT molecular complexity index is 883. The van der Waals surface area contributed by atoms with Gasteiger partial charge >= 0.3 is 12.1 Å². The Kier molecular flexibility index (Phi) is 7.61. The molecular formula is C21H19NO6. The number of carbonyl (C=O) groups is 2. The molecule has 0 atom stereocenters. The second-order valence-corrected chi connectivity index (χ2v) is 5.55. The molecule has 0 aliphatic carbocycles. The summed E-state index contributed by atoms with van der Waals surface area (Å²) >= 11 is 0. The summed E-state index contributed by atoms with van der Waals surface area (Å²) in [7, 11) is 1.56. The number of hydrogen-bond acceptors (Lipinski definition) is 7. The predicted molar refractivity (Wildman–Crippen MR) is 99.6 cm³/mol. The number of rotatable bonds is 8. The largest absolute Gasteiger partial charge is 0.508 e. The molecule has 0 fully saturated rings. The summed E-state index contributed by atoms with van der Waals surface area (Å²) in [5, 5.41) is 9.08. The number of methoxy groups -OCH3 is 1. The maximum Gasteiger partial charge on any atom is 0.508 e. The molecule has 0 saturated carbocycles. The zero-order valence-corrected chi connectivity index (χ0v) is 15.3. The van der Waals surface area contributed by atoms with E-state index in [1.807, 2.05) is 6.07 Å². The Labute approximate surface area is 162 Å². The Hall–Kier alpha value is -3.79. The summed E-state index contributed by atoms with van der Waals surface area (Å²) in [5.74, 6) is 0.0607. The van der Waals surface area contributed by atoms with Gasteiger partial charge < -0.3 is 18.9 Å². The number of hydrogen-bond donors (Lipinski definition) is 0. The van der Waals surface area contributed by atoms with Crippen LogP contribution in [0.4, 0.5) is 4.79 Å². The van der Waals surface area contributed by atoms with Crippen LogP contribution in [0.2, 0.25) is 0 Å². The van der Waals surface area contributed by atoms with Gasteiger partial charge in [0.05, 0.1) is 24.3 Å². The van der Waals surface area contributed by atoms with Crippen molar-refractivity contribution < 1.29 is 28.5 Å². The van der Waals surface area contributed by atoms with Crippen LogP contribution in [-0.4, -0.2) is 25.8 Å². The van der Waals surface area contributed by atoms with Crippen LogP contribution in [0, 0.1) is 11.3 Å². The first-order chi connectivity index (χ1) is 13.6. The predicted octanol–water partition coefficient (Wildman–Crippen LogP) is 3.76. The third-order valence-electron chi connectivity index (χ3n) is 3.65. The molecule has 0 radical (unpaired) electrons. The SMILES string of the molecule is C=CCOC(=O)OCc1ccc(C#N)cc1C(=O)OCc1ccc(OC)cc1. The highest BCUT2D eigenvalue weighted by molar-refractivity contribution is 5.91. The smallest absolute Gasteiger partial charge is 0.497 e. The van der Waals surface area contributed by atoms with Crippen molar-refractivity contribution in [3.05, 3.63) is 77.4 Å². The highest BCUT2D eigenvalue weighted by Crippen LogP contribution is 2.17. The van der Waals surface area contributed by atoms with Crippen LogP contribution in [0.3, 0.4) is 0 Å². The van der Waals surface area contributed by atoms with Crippen LogP contribution in [0.15, 0.2) is 55.1 Å². The molecule has 7 heteroatoms. The van der Waals surface area contributed by atoms with Crippen LogP contribution in [0.1, 0.15) is 27.0 Å². The second-order valence-electron chi connectivity index (χ2n) is 5.55. The minimum atomic E-state index is -0.887. The summed E-state index contributed by atoms with van der Waals surface area (Å²) in [5.41, 5.74) is 1.60. The van der Waals surface area contributed by atoms with Crippen molar-refractivity contribution in [3.63, 3.8) is 0 Å². The maximum atomic E-state index is 12.5. The van der Waals surface area contributed by atoms with Gasteiger partial charge in [0.15, 0.2) is 0 Å². The number of ether oxygens (including phenoxy) is 4. The van der Waals surface area contributed by atoms with Crippen LogP contribution in [0.25, 0.3) is 0 Å². The summed E-state index contributed by atoms with van der Waals surface area (Å²) in [6.07, 6.45) is 0.520. The molecule has 0 unspecified atom stereocenters. The van der Waals surface area contributed by atoms with Gasteiger partial charge in [0.2, 0.25) is 0 Å². The number of carbonyl (C=O) groups excluding carboxylic acids is 2. The minimum absolute atomic E-state index is 0.0168. The lowest BCUT2D eigenvalue weighted by Gasteiger charge is -2.11. The van der Waals surface area contributed by atoms with Gasteiger partial charge in [0, 0.05) is 5.56 Å². The molecule has 2 aromatic rings. The first kappa shape index (κ1) is 20.5. The standard InChI is InChI=1S/C21H19NO6/c1-3-10-26-21(24)28-14-17-7-4-16(12-22)11-19(17)20(23)27-13-15-5-8-18(25-2)9-6-15/h3-9,11H,1,10,13-14H2,2H3. The molecular weight excluding hydrogens is 362 g/mol. The lowest BCUT2D eigenvalue weighted by atomic mass is 10.0. The second kappa shape index (κ2) is 10.4. The molecule has 0 bridgehead atoms. The fraction of sp³-hybridized carbons (Fsp3) is 0.190. The van der Waals surface area contributed by atoms with E-state index in [2.05, 4.69) is 6.58 Å². The molecule has 28 heavy (non-hydrogen) atoms. The van der Waals surface area contributed by atoms with Crippen molar-refractivity contribution in [3.8, 4) is 11.8 Å². The van der Waals surface area contributed by atoms with Crippen molar-refractivity contribution in [2.45, 2.75) is 13.2 Å². The Morgan fingerprint density at radius 2 is 1.82 bits per heavy atom. The normalized spacial score (nSPS) is 9.71. The van der Waals surface area contributed by atoms with Gasteiger partial charge in [-0.25, -0.2) is 9.59 Å². The van der Waals surface area contributed by atoms with E-state index < -0.39 is 12.1 Å². The molecule has 7 nitrogen and oxygen atoms in total. The van der Waals surface area contributed by atoms with Gasteiger partial charge in [-0.05, 0) is 29.8 Å². The molecule has 0 aliphatic rings. The summed E-state index contributed by atoms with van der Waals surface area (Å²) in [4.78, 5) is 24.0. The van der Waals surface area contributed by atoms with Gasteiger partial charge in [0.25, 0.3) is 0 Å². The van der Waals surface area contributed by atoms with Gasteiger partial charge in [-0.2, -0.15) is 5.26 Å². The van der Waals surface area contributed by atoms with Crippen molar-refractivity contribution in [1.82, 2.24) is 0 Å². The highest BCUT2D eigenvalue weighted by Gasteiger charge is 2.16. The third-order valence-corrected chi connectivity index (χ3v) is 3.65. The number of benzene rings is 2. The zero-order chi connectivity index (χ0) is 20.4. The molecule has 0 amide bonds. The molecule has 0 aliphatic heterocycles. The van der Waals surface area contributed by atoms with Gasteiger partial charge in [-0.3, -0.25) is 0 Å². The van der Waals surface area contributed by atoms with E-state index in [0.717, 1.165) is 5.56 Å². The van der Waals surface area contributed by atoms with Crippen LogP contribution in [-0.2, 0) is 27.4 Å². The molecule has 0 saturated heterocycles. The molecule has 144 valence electrons. The molecule has 0 heterocycles. The maximum absolute atomic E-state index is 12.5. The van der Waals surface area contributed by atoms with E-state index in [4.69, 9.17) is 24.2 Å². The van der Waals surface area contributed by atoms with Crippen molar-refractivity contribution in [2.75, 3.05) is 13.7 Å². The topological polar surface area (TPSA) is 94.9 Å². The van der Waals surface area contributed by atoms with E-state index >= 15 is 0 Å². The first-order valence-corrected chi connectivity index (χ1v) is 8.31. The van der Waals surface area contributed by atoms with E-state index in [-0.39, 0.29) is 30.9 Å². The first-order valence-electron chi connectivity index (χ1n) is 8.31. The van der Waals surface area contributed by atoms with E-state index in [1.54, 1.807) is 31.4 Å². The summed E-state index contributed by atoms with van der Waals surface area (Å²) in [6, 6.07) is 13.5. The van der Waals surface area contributed by atoms with Gasteiger partial charge in [0.1, 0.15) is 25.6 Å². The molecule has 2 aromatic carbocycles. The fourth-order valence-electron chi connectivity index (χ4n) is 2.22. The van der Waals surface area contributed by atoms with Gasteiger partial charge in [-0.15, -0.1) is 0 Å². The number of nitriles is 1. The average Bonchev–Trinajstić information content (AvgIpc) is 2.74. The Morgan fingerprint density at radius 3 is 2.46 bits per heavy atom. The lowest BCUT2D eigenvalue weighted by molar-refractivity contribution is 0.0450. The molecule has 0 aromatic heterocycles. The number of esters is 1. The van der Waals surface area contributed by atoms with E-state index in [0.29, 0.717) is 11.3 Å². The van der Waals surface area contributed by atoms with Crippen LogP contribution < -0.4 is 4.74 Å². The van der Waals surface area contributed by atoms with E-state index in [9.17, 15) is 9.59 Å². The zero-order valence-electron chi connectivity index (χ0n) is 15.3. The van der Waals surface area contributed by atoms with Crippen molar-refractivity contribution in [1.29, 1.82) is 5.26 Å². The fourth-order valence-corrected chi connectivity index (χ4v) is 2.22. The quantitative estimate of drug-likeness (QED) is 0.507. The molecule has 0 N–H and O–H groups in total. The molecule has 2 rings (SSSR count). The van der Waals surface area contributed by atoms with Crippen molar-refractivity contribution in [2.24, 2.45) is 0 Å². The van der Waals surface area contributed by atoms with Crippen molar-refractivity contribution >= 4 is 12.1 Å². The third kappa shape index (κ3) is 5.88. The van der Waals surface area contributed by atoms with Crippen LogP contribution >= 0.6 is 0 Å². The highest BCUT2D eigenvalue weighted by atomic mass is 16.7. The Morgan fingerprint density at radius 1 is 1.07 bits per heavy atom. The molecule has 0 spiro atoms. The summed E-state index contributed by atoms with van der Waals surface area (Å²) < 4.78 is 20.1. The monoisotopic (exact) mass is 381 g/mol. The van der Waals surface area contributed by atoms with Crippen LogP contribution in [0.5, 0.6) is 5.75 Å². The minimum Gasteiger partial charge on any atom is -0.497 e. The number of nitrogens with zero attached hydrogens (tertiary/aromatic N) is 1. The van der Waals surface area contributed by atoms with E-state index in [1.165, 1.54) is 24.3 Å². The Balaban J connectivity index is 2.07. The lowest BCUT2D eigenvalue weighted by Crippen LogP contribution is -2.12. The van der Waals surface area contributed by atoms with Gasteiger partial charge in [-0.1, -0.05) is 30.9 Å².